The lowest BCUT2D eigenvalue weighted by Gasteiger charge is -2.36. The van der Waals surface area contributed by atoms with Crippen molar-refractivity contribution < 1.29 is 4.79 Å². The molecule has 27 heavy (non-hydrogen) atoms. The quantitative estimate of drug-likeness (QED) is 0.769. The Kier molecular flexibility index (Phi) is 6.20. The zero-order chi connectivity index (χ0) is 19.6. The van der Waals surface area contributed by atoms with Crippen molar-refractivity contribution in [1.29, 1.82) is 0 Å². The first kappa shape index (κ1) is 19.9. The highest BCUT2D eigenvalue weighted by Gasteiger charge is 2.30. The number of aromatic nitrogens is 2. The van der Waals surface area contributed by atoms with Crippen LogP contribution in [0, 0.1) is 5.92 Å². The highest BCUT2D eigenvalue weighted by molar-refractivity contribution is 5.79. The van der Waals surface area contributed by atoms with Gasteiger partial charge in [-0.2, -0.15) is 0 Å². The van der Waals surface area contributed by atoms with E-state index >= 15 is 0 Å². The Balaban J connectivity index is 1.77. The molecular formula is C22H34N4O. The van der Waals surface area contributed by atoms with E-state index in [1.54, 1.807) is 0 Å². The van der Waals surface area contributed by atoms with Crippen molar-refractivity contribution in [3.8, 4) is 0 Å². The first-order valence-corrected chi connectivity index (χ1v) is 10.4. The van der Waals surface area contributed by atoms with Gasteiger partial charge in [-0.3, -0.25) is 9.69 Å². The van der Waals surface area contributed by atoms with Crippen molar-refractivity contribution >= 4 is 16.9 Å². The lowest BCUT2D eigenvalue weighted by molar-refractivity contribution is -0.139. The topological polar surface area (TPSA) is 41.4 Å². The fourth-order valence-corrected chi connectivity index (χ4v) is 4.39. The van der Waals surface area contributed by atoms with E-state index in [0.717, 1.165) is 50.4 Å². The minimum atomic E-state index is 0.109. The molecule has 1 aliphatic heterocycles. The number of piperidine rings is 1. The van der Waals surface area contributed by atoms with Crippen molar-refractivity contribution in [2.45, 2.75) is 66.1 Å². The average Bonchev–Trinajstić information content (AvgIpc) is 3.00. The average molecular weight is 371 g/mol. The Bertz CT molecular complexity index is 780. The molecule has 2 heterocycles. The van der Waals surface area contributed by atoms with E-state index < -0.39 is 0 Å². The van der Waals surface area contributed by atoms with Crippen LogP contribution in [0.15, 0.2) is 24.3 Å². The molecular weight excluding hydrogens is 336 g/mol. The number of para-hydroxylation sites is 2. The van der Waals surface area contributed by atoms with E-state index in [-0.39, 0.29) is 12.0 Å². The van der Waals surface area contributed by atoms with Crippen LogP contribution >= 0.6 is 0 Å². The number of benzene rings is 1. The molecule has 0 radical (unpaired) electrons. The van der Waals surface area contributed by atoms with Gasteiger partial charge in [0.25, 0.3) is 0 Å². The number of imidazole rings is 1. The molecule has 0 saturated carbocycles. The van der Waals surface area contributed by atoms with Crippen LogP contribution in [-0.2, 0) is 11.3 Å². The van der Waals surface area contributed by atoms with Crippen LogP contribution in [0.4, 0.5) is 0 Å². The van der Waals surface area contributed by atoms with Gasteiger partial charge in [-0.25, -0.2) is 4.98 Å². The number of likely N-dealkylation sites (tertiary alicyclic amines) is 1. The summed E-state index contributed by atoms with van der Waals surface area (Å²) in [5.41, 5.74) is 2.26. The van der Waals surface area contributed by atoms with Crippen LogP contribution in [0.25, 0.3) is 11.0 Å². The van der Waals surface area contributed by atoms with Crippen LogP contribution in [0.5, 0.6) is 0 Å². The predicted octanol–water partition coefficient (Wildman–Crippen LogP) is 4.09. The van der Waals surface area contributed by atoms with Crippen molar-refractivity contribution in [2.75, 3.05) is 19.6 Å². The molecule has 148 valence electrons. The summed E-state index contributed by atoms with van der Waals surface area (Å²) in [7, 11) is 0. The highest BCUT2D eigenvalue weighted by Crippen LogP contribution is 2.25. The van der Waals surface area contributed by atoms with E-state index in [1.165, 1.54) is 5.52 Å². The Labute approximate surface area is 163 Å². The molecule has 1 aromatic heterocycles. The molecule has 3 rings (SSSR count). The summed E-state index contributed by atoms with van der Waals surface area (Å²) >= 11 is 0. The minimum Gasteiger partial charge on any atom is -0.340 e. The van der Waals surface area contributed by atoms with Crippen LogP contribution in [0.1, 0.15) is 59.3 Å². The Morgan fingerprint density at radius 1 is 1.26 bits per heavy atom. The van der Waals surface area contributed by atoms with Gasteiger partial charge in [-0.05, 0) is 66.1 Å². The third kappa shape index (κ3) is 4.18. The summed E-state index contributed by atoms with van der Waals surface area (Å²) in [5, 5.41) is 0. The van der Waals surface area contributed by atoms with Gasteiger partial charge < -0.3 is 9.47 Å². The van der Waals surface area contributed by atoms with Crippen molar-refractivity contribution in [2.24, 2.45) is 5.92 Å². The molecule has 0 N–H and O–H groups in total. The van der Waals surface area contributed by atoms with Gasteiger partial charge >= 0.3 is 0 Å². The maximum absolute atomic E-state index is 13.0. The number of carbonyl (C=O) groups excluding carboxylic acids is 1. The van der Waals surface area contributed by atoms with Gasteiger partial charge in [0.2, 0.25) is 5.91 Å². The second-order valence-electron chi connectivity index (χ2n) is 8.27. The third-order valence-electron chi connectivity index (χ3n) is 5.65. The van der Waals surface area contributed by atoms with E-state index in [9.17, 15) is 4.79 Å². The lowest BCUT2D eigenvalue weighted by atomic mass is 9.96. The molecule has 2 aromatic rings. The second kappa shape index (κ2) is 8.42. The summed E-state index contributed by atoms with van der Waals surface area (Å²) in [6.45, 7) is 14.2. The Morgan fingerprint density at radius 3 is 2.67 bits per heavy atom. The van der Waals surface area contributed by atoms with Crippen LogP contribution in [-0.4, -0.2) is 50.9 Å². The largest absolute Gasteiger partial charge is 0.340 e. The number of nitrogens with zero attached hydrogens (tertiary/aromatic N) is 4. The number of hydrogen-bond acceptors (Lipinski definition) is 3. The monoisotopic (exact) mass is 370 g/mol. The highest BCUT2D eigenvalue weighted by atomic mass is 16.2. The molecule has 1 aliphatic rings. The van der Waals surface area contributed by atoms with Gasteiger partial charge in [0.15, 0.2) is 0 Å². The molecule has 5 nitrogen and oxygen atoms in total. The molecule has 5 heteroatoms. The van der Waals surface area contributed by atoms with Crippen molar-refractivity contribution in [1.82, 2.24) is 19.4 Å². The summed E-state index contributed by atoms with van der Waals surface area (Å²) in [4.78, 5) is 22.3. The van der Waals surface area contributed by atoms with Gasteiger partial charge in [-0.15, -0.1) is 0 Å². The molecule has 0 spiro atoms. The molecule has 0 unspecified atom stereocenters. The van der Waals surface area contributed by atoms with Crippen molar-refractivity contribution in [3.05, 3.63) is 30.1 Å². The summed E-state index contributed by atoms with van der Waals surface area (Å²) in [6, 6.07) is 8.99. The van der Waals surface area contributed by atoms with Gasteiger partial charge in [0.1, 0.15) is 5.82 Å². The minimum absolute atomic E-state index is 0.109. The molecule has 0 bridgehead atoms. The Morgan fingerprint density at radius 2 is 2.00 bits per heavy atom. The zero-order valence-electron chi connectivity index (χ0n) is 17.5. The molecule has 1 amide bonds. The molecule has 1 saturated heterocycles. The van der Waals surface area contributed by atoms with Gasteiger partial charge in [0, 0.05) is 25.2 Å². The first-order chi connectivity index (χ1) is 12.9. The number of amides is 1. The SMILES string of the molecule is CCN(C(=O)[C@H]1CCCN(Cc2nc3ccccc3n2C(C)C)C1)C(C)C. The van der Waals surface area contributed by atoms with Crippen LogP contribution < -0.4 is 0 Å². The van der Waals surface area contributed by atoms with Crippen LogP contribution in [0.2, 0.25) is 0 Å². The number of rotatable bonds is 6. The van der Waals surface area contributed by atoms with Gasteiger partial charge in [0.05, 0.1) is 23.5 Å². The van der Waals surface area contributed by atoms with E-state index in [2.05, 4.69) is 62.3 Å². The van der Waals surface area contributed by atoms with E-state index in [0.29, 0.717) is 11.9 Å². The molecule has 1 aromatic carbocycles. The maximum atomic E-state index is 13.0. The zero-order valence-corrected chi connectivity index (χ0v) is 17.5. The standard InChI is InChI=1S/C22H34N4O/c1-6-25(16(2)3)22(27)18-10-9-13-24(14-18)15-21-23-19-11-7-8-12-20(19)26(21)17(4)5/h7-8,11-12,16-18H,6,9-10,13-15H2,1-5H3/t18-/m0/s1. The second-order valence-corrected chi connectivity index (χ2v) is 8.27. The molecule has 1 fully saturated rings. The van der Waals surface area contributed by atoms with E-state index in [1.807, 2.05) is 11.0 Å². The molecule has 1 atom stereocenters. The lowest BCUT2D eigenvalue weighted by Crippen LogP contribution is -2.47. The maximum Gasteiger partial charge on any atom is 0.227 e. The summed E-state index contributed by atoms with van der Waals surface area (Å²) in [5.74, 6) is 1.53. The third-order valence-corrected chi connectivity index (χ3v) is 5.65. The van der Waals surface area contributed by atoms with Gasteiger partial charge in [-0.1, -0.05) is 12.1 Å². The van der Waals surface area contributed by atoms with Crippen LogP contribution in [0.3, 0.4) is 0 Å². The summed E-state index contributed by atoms with van der Waals surface area (Å²) < 4.78 is 2.34. The predicted molar refractivity (Wildman–Crippen MR) is 111 cm³/mol. The smallest absolute Gasteiger partial charge is 0.227 e. The summed E-state index contributed by atoms with van der Waals surface area (Å²) in [6.07, 6.45) is 2.08. The van der Waals surface area contributed by atoms with Crippen molar-refractivity contribution in [3.63, 3.8) is 0 Å². The van der Waals surface area contributed by atoms with E-state index in [4.69, 9.17) is 4.98 Å². The number of fused-ring (bicyclic) bond motifs is 1. The first-order valence-electron chi connectivity index (χ1n) is 10.4. The fraction of sp³-hybridized carbons (Fsp3) is 0.636. The molecule has 0 aliphatic carbocycles. The number of hydrogen-bond donors (Lipinski definition) is 0. The Hall–Kier alpha value is -1.88. The number of carbonyl (C=O) groups is 1. The normalized spacial score (nSPS) is 18.6. The fourth-order valence-electron chi connectivity index (χ4n) is 4.39.